The summed E-state index contributed by atoms with van der Waals surface area (Å²) in [5.74, 6) is -0.810. The van der Waals surface area contributed by atoms with Crippen molar-refractivity contribution < 1.29 is 14.7 Å². The quantitative estimate of drug-likeness (QED) is 0.532. The molecule has 0 rings (SSSR count). The van der Waals surface area contributed by atoms with Crippen molar-refractivity contribution in [2.75, 3.05) is 12.0 Å². The monoisotopic (exact) mass is 246 g/mol. The van der Waals surface area contributed by atoms with Gasteiger partial charge in [0.2, 0.25) is 5.91 Å². The molecular weight excluding hydrogens is 228 g/mol. The van der Waals surface area contributed by atoms with Gasteiger partial charge in [0.25, 0.3) is 0 Å². The number of carboxylic acids is 1. The highest BCUT2D eigenvalue weighted by Gasteiger charge is 2.21. The molecule has 0 spiro atoms. The van der Waals surface area contributed by atoms with Crippen LogP contribution in [0.2, 0.25) is 0 Å². The van der Waals surface area contributed by atoms with Gasteiger partial charge in [-0.05, 0) is 24.9 Å². The van der Waals surface area contributed by atoms with Gasteiger partial charge in [0.05, 0.1) is 6.04 Å². The van der Waals surface area contributed by atoms with Crippen LogP contribution in [0.15, 0.2) is 12.7 Å². The summed E-state index contributed by atoms with van der Waals surface area (Å²) in [7, 11) is 0. The molecule has 0 bridgehead atoms. The van der Waals surface area contributed by atoms with Crippen LogP contribution in [0, 0.1) is 0 Å². The number of carbonyl (C=O) groups excluding carboxylic acids is 1. The van der Waals surface area contributed by atoms with Gasteiger partial charge in [-0.25, -0.2) is 4.79 Å². The Kier molecular flexibility index (Phi) is 7.66. The van der Waals surface area contributed by atoms with E-state index in [2.05, 4.69) is 11.9 Å². The Bertz CT molecular complexity index is 258. The molecule has 6 heteroatoms. The number of carboxylic acid groups (broad SMARTS) is 1. The van der Waals surface area contributed by atoms with E-state index in [9.17, 15) is 9.59 Å². The maximum Gasteiger partial charge on any atom is 0.326 e. The standard InChI is InChI=1S/C10H18N2O3S/c1-3-4-7(11)9(13)12-8(10(14)15)5-6-16-2/h3,7-8H,1,4-6,11H2,2H3,(H,12,13)(H,14,15). The average Bonchev–Trinajstić information content (AvgIpc) is 2.23. The molecule has 0 radical (unpaired) electrons. The van der Waals surface area contributed by atoms with E-state index in [4.69, 9.17) is 10.8 Å². The lowest BCUT2D eigenvalue weighted by Gasteiger charge is -2.16. The van der Waals surface area contributed by atoms with Gasteiger partial charge < -0.3 is 16.2 Å². The summed E-state index contributed by atoms with van der Waals surface area (Å²) in [4.78, 5) is 22.3. The van der Waals surface area contributed by atoms with Gasteiger partial charge in [-0.3, -0.25) is 4.79 Å². The lowest BCUT2D eigenvalue weighted by molar-refractivity contribution is -0.142. The van der Waals surface area contributed by atoms with Crippen molar-refractivity contribution in [1.29, 1.82) is 0 Å². The van der Waals surface area contributed by atoms with E-state index in [1.54, 1.807) is 0 Å². The second kappa shape index (κ2) is 8.18. The molecule has 92 valence electrons. The second-order valence-electron chi connectivity index (χ2n) is 3.31. The van der Waals surface area contributed by atoms with Gasteiger partial charge in [-0.1, -0.05) is 6.08 Å². The third-order valence-corrected chi connectivity index (χ3v) is 2.63. The fourth-order valence-electron chi connectivity index (χ4n) is 1.06. The molecule has 2 atom stereocenters. The van der Waals surface area contributed by atoms with Crippen LogP contribution in [0.4, 0.5) is 0 Å². The zero-order chi connectivity index (χ0) is 12.6. The molecule has 0 heterocycles. The summed E-state index contributed by atoms with van der Waals surface area (Å²) < 4.78 is 0. The van der Waals surface area contributed by atoms with Crippen molar-refractivity contribution >= 4 is 23.6 Å². The summed E-state index contributed by atoms with van der Waals surface area (Å²) in [5.41, 5.74) is 5.52. The van der Waals surface area contributed by atoms with E-state index in [0.29, 0.717) is 18.6 Å². The van der Waals surface area contributed by atoms with Crippen LogP contribution < -0.4 is 11.1 Å². The molecule has 1 amide bonds. The number of amides is 1. The minimum atomic E-state index is -1.03. The number of rotatable bonds is 8. The Morgan fingerprint density at radius 2 is 2.25 bits per heavy atom. The third-order valence-electron chi connectivity index (χ3n) is 1.98. The average molecular weight is 246 g/mol. The number of hydrogen-bond acceptors (Lipinski definition) is 4. The fraction of sp³-hybridized carbons (Fsp3) is 0.600. The first-order valence-electron chi connectivity index (χ1n) is 4.91. The highest BCUT2D eigenvalue weighted by atomic mass is 32.2. The molecule has 0 aliphatic heterocycles. The van der Waals surface area contributed by atoms with Crippen molar-refractivity contribution in [3.05, 3.63) is 12.7 Å². The molecule has 0 saturated heterocycles. The third kappa shape index (κ3) is 5.77. The van der Waals surface area contributed by atoms with Gasteiger partial charge in [-0.2, -0.15) is 11.8 Å². The van der Waals surface area contributed by atoms with E-state index in [1.807, 2.05) is 6.26 Å². The van der Waals surface area contributed by atoms with E-state index in [0.717, 1.165) is 0 Å². The minimum absolute atomic E-state index is 0.334. The molecule has 0 aliphatic carbocycles. The summed E-state index contributed by atoms with van der Waals surface area (Å²) in [6.07, 6.45) is 4.13. The van der Waals surface area contributed by atoms with Crippen molar-refractivity contribution in [3.8, 4) is 0 Å². The number of hydrogen-bond donors (Lipinski definition) is 3. The van der Waals surface area contributed by atoms with E-state index in [-0.39, 0.29) is 0 Å². The Balaban J connectivity index is 4.22. The van der Waals surface area contributed by atoms with E-state index >= 15 is 0 Å². The van der Waals surface area contributed by atoms with E-state index < -0.39 is 24.0 Å². The number of nitrogens with two attached hydrogens (primary N) is 1. The Morgan fingerprint density at radius 3 is 2.69 bits per heavy atom. The Morgan fingerprint density at radius 1 is 1.62 bits per heavy atom. The Hall–Kier alpha value is -1.01. The first-order valence-corrected chi connectivity index (χ1v) is 6.30. The largest absolute Gasteiger partial charge is 0.480 e. The Labute approximate surface area is 99.5 Å². The predicted octanol–water partition coefficient (Wildman–Crippen LogP) is 0.212. The smallest absolute Gasteiger partial charge is 0.326 e. The van der Waals surface area contributed by atoms with Gasteiger partial charge in [0.1, 0.15) is 6.04 Å². The SMILES string of the molecule is C=CCC(N)C(=O)NC(CCSC)C(=O)O. The van der Waals surface area contributed by atoms with Gasteiger partial charge >= 0.3 is 5.97 Å². The van der Waals surface area contributed by atoms with Crippen molar-refractivity contribution in [2.45, 2.75) is 24.9 Å². The zero-order valence-electron chi connectivity index (χ0n) is 9.31. The van der Waals surface area contributed by atoms with Crippen LogP contribution in [-0.4, -0.2) is 41.1 Å². The van der Waals surface area contributed by atoms with Crippen LogP contribution in [0.3, 0.4) is 0 Å². The first kappa shape index (κ1) is 15.0. The summed E-state index contributed by atoms with van der Waals surface area (Å²) in [6.45, 7) is 3.47. The maximum atomic E-state index is 11.5. The molecule has 0 aromatic rings. The number of carbonyl (C=O) groups is 2. The molecule has 4 N–H and O–H groups in total. The highest BCUT2D eigenvalue weighted by molar-refractivity contribution is 7.98. The van der Waals surface area contributed by atoms with Crippen LogP contribution in [0.25, 0.3) is 0 Å². The lowest BCUT2D eigenvalue weighted by Crippen LogP contribution is -2.48. The normalized spacial score (nSPS) is 13.9. The summed E-state index contributed by atoms with van der Waals surface area (Å²) in [5, 5.41) is 11.3. The molecule has 2 unspecified atom stereocenters. The van der Waals surface area contributed by atoms with Gasteiger partial charge in [-0.15, -0.1) is 6.58 Å². The summed E-state index contributed by atoms with van der Waals surface area (Å²) >= 11 is 1.53. The highest BCUT2D eigenvalue weighted by Crippen LogP contribution is 2.01. The molecule has 0 fully saturated rings. The van der Waals surface area contributed by atoms with Crippen molar-refractivity contribution in [2.24, 2.45) is 5.73 Å². The fourth-order valence-corrected chi connectivity index (χ4v) is 1.53. The maximum absolute atomic E-state index is 11.5. The second-order valence-corrected chi connectivity index (χ2v) is 4.30. The lowest BCUT2D eigenvalue weighted by atomic mass is 10.1. The van der Waals surface area contributed by atoms with Crippen LogP contribution in [0.1, 0.15) is 12.8 Å². The molecule has 0 aromatic heterocycles. The predicted molar refractivity (Wildman–Crippen MR) is 65.4 cm³/mol. The number of aliphatic carboxylic acids is 1. The van der Waals surface area contributed by atoms with Crippen molar-refractivity contribution in [1.82, 2.24) is 5.32 Å². The summed E-state index contributed by atoms with van der Waals surface area (Å²) in [6, 6.07) is -1.59. The minimum Gasteiger partial charge on any atom is -0.480 e. The molecule has 5 nitrogen and oxygen atoms in total. The number of thioether (sulfide) groups is 1. The van der Waals surface area contributed by atoms with Crippen LogP contribution >= 0.6 is 11.8 Å². The topological polar surface area (TPSA) is 92.4 Å². The number of nitrogens with one attached hydrogen (secondary N) is 1. The molecule has 0 aromatic carbocycles. The molecule has 16 heavy (non-hydrogen) atoms. The molecule has 0 saturated carbocycles. The van der Waals surface area contributed by atoms with Gasteiger partial charge in [0, 0.05) is 0 Å². The molecule has 0 aliphatic rings. The van der Waals surface area contributed by atoms with Crippen molar-refractivity contribution in [3.63, 3.8) is 0 Å². The molecular formula is C10H18N2O3S. The first-order chi connectivity index (χ1) is 7.52. The zero-order valence-corrected chi connectivity index (χ0v) is 10.1. The van der Waals surface area contributed by atoms with E-state index in [1.165, 1.54) is 17.8 Å². The van der Waals surface area contributed by atoms with Crippen LogP contribution in [0.5, 0.6) is 0 Å². The van der Waals surface area contributed by atoms with Crippen LogP contribution in [-0.2, 0) is 9.59 Å². The van der Waals surface area contributed by atoms with Gasteiger partial charge in [0.15, 0.2) is 0 Å².